The van der Waals surface area contributed by atoms with Gasteiger partial charge in [0.15, 0.2) is 0 Å². The number of carbonyl (C=O) groups is 1. The van der Waals surface area contributed by atoms with E-state index in [1.165, 1.54) is 6.08 Å². The second kappa shape index (κ2) is 5.34. The van der Waals surface area contributed by atoms with E-state index < -0.39 is 12.3 Å². The minimum absolute atomic E-state index is 0.302. The second-order valence-corrected chi connectivity index (χ2v) is 1.53. The molecule has 0 aliphatic carbocycles. The molecule has 0 saturated heterocycles. The third-order valence-corrected chi connectivity index (χ3v) is 0.731. The molecule has 5 nitrogen and oxygen atoms in total. The normalized spacial score (nSPS) is 11.0. The zero-order chi connectivity index (χ0) is 8.69. The van der Waals surface area contributed by atoms with Gasteiger partial charge in [-0.1, -0.05) is 6.58 Å². The van der Waals surface area contributed by atoms with E-state index in [4.69, 9.17) is 5.11 Å². The number of hydrogen-bond acceptors (Lipinski definition) is 5. The molecule has 0 radical (unpaired) electrons. The first-order valence-corrected chi connectivity index (χ1v) is 2.75. The van der Waals surface area contributed by atoms with Crippen LogP contribution in [0.15, 0.2) is 17.6 Å². The van der Waals surface area contributed by atoms with Crippen molar-refractivity contribution >= 4 is 12.0 Å². The molecule has 0 rings (SSSR count). The topological polar surface area (TPSA) is 76.0 Å². The number of ether oxygens (including phenoxy) is 1. The number of rotatable bonds is 4. The Balaban J connectivity index is 3.67. The Morgan fingerprint density at radius 3 is 3.00 bits per heavy atom. The summed E-state index contributed by atoms with van der Waals surface area (Å²) in [5.74, 6) is -0.765. The number of aliphatic hydroxyl groups is 1. The lowest BCUT2D eigenvalue weighted by Crippen LogP contribution is -2.18. The summed E-state index contributed by atoms with van der Waals surface area (Å²) in [4.78, 5) is 22.8. The fourth-order valence-corrected chi connectivity index (χ4v) is 0.335. The highest BCUT2D eigenvalue weighted by Crippen LogP contribution is 1.88. The molecule has 1 atom stereocenters. The number of esters is 1. The molecule has 0 heterocycles. The van der Waals surface area contributed by atoms with Gasteiger partial charge < -0.3 is 9.84 Å². The molecule has 0 aromatic rings. The van der Waals surface area contributed by atoms with Gasteiger partial charge in [0.25, 0.3) is 0 Å². The van der Waals surface area contributed by atoms with Gasteiger partial charge >= 0.3 is 5.97 Å². The van der Waals surface area contributed by atoms with Crippen molar-refractivity contribution in [2.75, 3.05) is 6.54 Å². The molecule has 1 unspecified atom stereocenters. The van der Waals surface area contributed by atoms with Crippen LogP contribution >= 0.6 is 0 Å². The average Bonchev–Trinajstić information content (AvgIpc) is 2.00. The van der Waals surface area contributed by atoms with Gasteiger partial charge in [-0.15, -0.1) is 0 Å². The lowest BCUT2D eigenvalue weighted by atomic mass is 10.6. The van der Waals surface area contributed by atoms with Crippen LogP contribution in [0.2, 0.25) is 0 Å². The highest BCUT2D eigenvalue weighted by molar-refractivity contribution is 5.81. The molecule has 0 saturated carbocycles. The highest BCUT2D eigenvalue weighted by Gasteiger charge is 2.05. The van der Waals surface area contributed by atoms with Crippen molar-refractivity contribution in [3.63, 3.8) is 0 Å². The minimum atomic E-state index is -1.40. The lowest BCUT2D eigenvalue weighted by Gasteiger charge is -2.05. The van der Waals surface area contributed by atoms with Crippen LogP contribution in [-0.4, -0.2) is 30.0 Å². The first-order chi connectivity index (χ1) is 5.20. The molecule has 0 aliphatic heterocycles. The number of nitrogens with zero attached hydrogens (tertiary/aromatic N) is 1. The smallest absolute Gasteiger partial charge is 0.332 e. The van der Waals surface area contributed by atoms with Crippen LogP contribution in [0.3, 0.4) is 0 Å². The summed E-state index contributed by atoms with van der Waals surface area (Å²) < 4.78 is 4.23. The molecule has 0 amide bonds. The Hall–Kier alpha value is -1.45. The van der Waals surface area contributed by atoms with E-state index in [-0.39, 0.29) is 6.54 Å². The van der Waals surface area contributed by atoms with Gasteiger partial charge in [0.1, 0.15) is 6.54 Å². The van der Waals surface area contributed by atoms with E-state index in [1.54, 1.807) is 0 Å². The van der Waals surface area contributed by atoms with Crippen LogP contribution in [-0.2, 0) is 14.3 Å². The zero-order valence-electron chi connectivity index (χ0n) is 5.69. The lowest BCUT2D eigenvalue weighted by molar-refractivity contribution is -0.159. The predicted octanol–water partition coefficient (Wildman–Crippen LogP) is -0.630. The van der Waals surface area contributed by atoms with E-state index in [0.29, 0.717) is 0 Å². The van der Waals surface area contributed by atoms with Crippen molar-refractivity contribution < 1.29 is 19.4 Å². The van der Waals surface area contributed by atoms with Crippen LogP contribution < -0.4 is 0 Å². The molecule has 5 heteroatoms. The molecular weight excluding hydrogens is 150 g/mol. The zero-order valence-corrected chi connectivity index (χ0v) is 5.69. The third-order valence-electron chi connectivity index (χ3n) is 0.731. The standard InChI is InChI=1S/C6H7NO4/c1-2-5(9)11-6(10)3-7-4-8/h2,6,10H,1,3H2. The fraction of sp³-hybridized carbons (Fsp3) is 0.333. The van der Waals surface area contributed by atoms with Gasteiger partial charge in [-0.05, 0) is 0 Å². The molecule has 0 aliphatic rings. The van der Waals surface area contributed by atoms with Gasteiger partial charge in [-0.3, -0.25) is 0 Å². The Morgan fingerprint density at radius 2 is 2.55 bits per heavy atom. The van der Waals surface area contributed by atoms with Crippen molar-refractivity contribution in [2.24, 2.45) is 4.99 Å². The Labute approximate surface area is 63.0 Å². The van der Waals surface area contributed by atoms with Gasteiger partial charge in [0.05, 0.1) is 0 Å². The van der Waals surface area contributed by atoms with Crippen molar-refractivity contribution in [1.29, 1.82) is 0 Å². The maximum atomic E-state index is 10.3. The summed E-state index contributed by atoms with van der Waals surface area (Å²) in [6.07, 6.45) is 0.683. The SMILES string of the molecule is C=CC(=O)OC(O)CN=C=O. The molecular formula is C6H7NO4. The summed E-state index contributed by atoms with van der Waals surface area (Å²) in [5.41, 5.74) is 0. The molecule has 11 heavy (non-hydrogen) atoms. The van der Waals surface area contributed by atoms with Crippen molar-refractivity contribution in [1.82, 2.24) is 0 Å². The van der Waals surface area contributed by atoms with Gasteiger partial charge in [0, 0.05) is 6.08 Å². The first kappa shape index (κ1) is 9.55. The maximum Gasteiger partial charge on any atom is 0.332 e. The number of isocyanates is 1. The largest absolute Gasteiger partial charge is 0.431 e. The molecule has 0 bridgehead atoms. The van der Waals surface area contributed by atoms with Crippen molar-refractivity contribution in [3.8, 4) is 0 Å². The molecule has 0 spiro atoms. The van der Waals surface area contributed by atoms with Crippen LogP contribution in [0.5, 0.6) is 0 Å². The van der Waals surface area contributed by atoms with Crippen LogP contribution in [0.1, 0.15) is 0 Å². The van der Waals surface area contributed by atoms with Gasteiger partial charge in [-0.2, -0.15) is 4.99 Å². The first-order valence-electron chi connectivity index (χ1n) is 2.75. The summed E-state index contributed by atoms with van der Waals surface area (Å²) in [6, 6.07) is 0. The fourth-order valence-electron chi connectivity index (χ4n) is 0.335. The molecule has 0 aromatic heterocycles. The van der Waals surface area contributed by atoms with Crippen LogP contribution in [0.4, 0.5) is 0 Å². The molecule has 60 valence electrons. The number of carbonyl (C=O) groups excluding carboxylic acids is 2. The molecule has 0 aromatic carbocycles. The predicted molar refractivity (Wildman–Crippen MR) is 35.3 cm³/mol. The van der Waals surface area contributed by atoms with E-state index in [9.17, 15) is 9.59 Å². The number of hydrogen-bond donors (Lipinski definition) is 1. The quantitative estimate of drug-likeness (QED) is 0.194. The van der Waals surface area contributed by atoms with Crippen LogP contribution in [0.25, 0.3) is 0 Å². The molecule has 1 N–H and O–H groups in total. The summed E-state index contributed by atoms with van der Waals surface area (Å²) >= 11 is 0. The van der Waals surface area contributed by atoms with Gasteiger partial charge in [-0.25, -0.2) is 9.59 Å². The Bertz CT molecular complexity index is 195. The summed E-state index contributed by atoms with van der Waals surface area (Å²) in [5, 5.41) is 8.72. The van der Waals surface area contributed by atoms with Gasteiger partial charge in [0.2, 0.25) is 12.4 Å². The van der Waals surface area contributed by atoms with E-state index in [1.807, 2.05) is 0 Å². The third kappa shape index (κ3) is 5.02. The number of aliphatic imine (C=N–C) groups is 1. The summed E-state index contributed by atoms with van der Waals surface area (Å²) in [6.45, 7) is 2.80. The van der Waals surface area contributed by atoms with E-state index >= 15 is 0 Å². The highest BCUT2D eigenvalue weighted by atomic mass is 16.6. The van der Waals surface area contributed by atoms with E-state index in [0.717, 1.165) is 6.08 Å². The minimum Gasteiger partial charge on any atom is -0.431 e. The van der Waals surface area contributed by atoms with E-state index in [2.05, 4.69) is 16.3 Å². The average molecular weight is 157 g/mol. The van der Waals surface area contributed by atoms with Crippen LogP contribution in [0, 0.1) is 0 Å². The monoisotopic (exact) mass is 157 g/mol. The van der Waals surface area contributed by atoms with Crippen molar-refractivity contribution in [2.45, 2.75) is 6.29 Å². The Kier molecular flexibility index (Phi) is 4.64. The number of aliphatic hydroxyl groups excluding tert-OH is 1. The molecule has 0 fully saturated rings. The second-order valence-electron chi connectivity index (χ2n) is 1.53. The maximum absolute atomic E-state index is 10.3. The Morgan fingerprint density at radius 1 is 1.91 bits per heavy atom. The summed E-state index contributed by atoms with van der Waals surface area (Å²) in [7, 11) is 0. The van der Waals surface area contributed by atoms with Crippen molar-refractivity contribution in [3.05, 3.63) is 12.7 Å².